The molecule has 4 heterocycles. The van der Waals surface area contributed by atoms with E-state index in [-0.39, 0.29) is 61.8 Å². The number of hydrogen-bond acceptors (Lipinski definition) is 12. The van der Waals surface area contributed by atoms with Crippen LogP contribution >= 0.6 is 11.3 Å². The molecular formula is C48H62FeN12O8S+2. The summed E-state index contributed by atoms with van der Waals surface area (Å²) in [6, 6.07) is -0.730. The Bertz CT molecular complexity index is 2470. The van der Waals surface area contributed by atoms with Crippen molar-refractivity contribution in [2.24, 2.45) is 17.2 Å². The standard InChI is InChI=1S/C43H56N12O8S.C5H6.Fe/c1-2-3-13-30-43(63)54-21-26(55-22-33(52-53-55)24-10-4-5-11-24)18-34(54)42(62)51-31(17-25-23-64-35-15-7-6-12-27(25)35)40(60)48-29(38(46)58)14-8-9-16-47-37(57)19-28(44)39(59)50-32(20-36(45)56)41(61)49-30;1-2-4-5-3-1;/h4-7,10-12,15,22-24,26,28-32,34H,2-3,8-9,13-14,16-21,44H2,1H3,(H2,45,56)(H2,46,58)(H,47,57)(H,48,60)(H,49,61)(H,50,59)(H,51,62);1-4H,5H2;/q;;+2/t26-,28-,29-,30-,31-,32-,34-;;/m0../s1. The molecule has 3 aromatic rings. The first-order valence-corrected chi connectivity index (χ1v) is 24.3. The van der Waals surface area contributed by atoms with Crippen LogP contribution in [0.3, 0.4) is 0 Å². The third-order valence-corrected chi connectivity index (χ3v) is 13.3. The van der Waals surface area contributed by atoms with E-state index in [9.17, 15) is 38.4 Å². The summed E-state index contributed by atoms with van der Waals surface area (Å²) in [6.07, 6.45) is 19.9. The van der Waals surface area contributed by atoms with E-state index in [1.807, 2.05) is 60.9 Å². The van der Waals surface area contributed by atoms with Gasteiger partial charge in [-0.3, -0.25) is 38.4 Å². The van der Waals surface area contributed by atoms with Crippen molar-refractivity contribution < 1.29 is 55.4 Å². The Labute approximate surface area is 420 Å². The second-order valence-corrected chi connectivity index (χ2v) is 18.4. The Hall–Kier alpha value is -6.48. The average molecular weight is 1020 g/mol. The first kappa shape index (κ1) is 54.5. The molecule has 8 amide bonds. The average Bonchev–Trinajstić information content (AvgIpc) is 4.19. The number of allylic oxidation sites excluding steroid dienone is 8. The number of hydrogen-bond donors (Lipinski definition) is 8. The zero-order valence-corrected chi connectivity index (χ0v) is 40.9. The maximum absolute atomic E-state index is 14.8. The van der Waals surface area contributed by atoms with Crippen molar-refractivity contribution in [1.82, 2.24) is 46.5 Å². The van der Waals surface area contributed by atoms with E-state index < -0.39 is 102 Å². The van der Waals surface area contributed by atoms with Crippen LogP contribution in [-0.2, 0) is 61.8 Å². The van der Waals surface area contributed by atoms with Crippen LogP contribution in [0.2, 0.25) is 0 Å². The molecule has 2 aliphatic carbocycles. The van der Waals surface area contributed by atoms with Gasteiger partial charge in [0.2, 0.25) is 47.3 Å². The molecule has 0 unspecified atom stereocenters. The number of primary amides is 2. The molecule has 0 spiro atoms. The number of amides is 8. The van der Waals surface area contributed by atoms with Crippen molar-refractivity contribution in [1.29, 1.82) is 0 Å². The largest absolute Gasteiger partial charge is 2.00 e. The van der Waals surface area contributed by atoms with Crippen molar-refractivity contribution in [3.05, 3.63) is 95.7 Å². The Morgan fingerprint density at radius 2 is 1.56 bits per heavy atom. The van der Waals surface area contributed by atoms with Crippen LogP contribution in [0.1, 0.15) is 94.3 Å². The molecule has 4 aliphatic rings. The van der Waals surface area contributed by atoms with Gasteiger partial charge >= 0.3 is 17.1 Å². The summed E-state index contributed by atoms with van der Waals surface area (Å²) < 4.78 is 2.56. The third-order valence-electron chi connectivity index (χ3n) is 12.3. The number of nitrogens with two attached hydrogens (primary N) is 3. The number of carbonyl (C=O) groups is 8. The van der Waals surface area contributed by atoms with Gasteiger partial charge in [-0.25, -0.2) is 4.68 Å². The summed E-state index contributed by atoms with van der Waals surface area (Å²) in [7, 11) is 0. The first-order valence-electron chi connectivity index (χ1n) is 23.4. The van der Waals surface area contributed by atoms with E-state index >= 15 is 0 Å². The smallest absolute Gasteiger partial charge is 0.370 e. The first-order chi connectivity index (χ1) is 33.2. The fourth-order valence-electron chi connectivity index (χ4n) is 8.48. The number of rotatable bonds is 10. The van der Waals surface area contributed by atoms with Gasteiger partial charge < -0.3 is 48.7 Å². The zero-order valence-electron chi connectivity index (χ0n) is 38.9. The minimum atomic E-state index is -1.55. The number of thiophene rings is 1. The maximum atomic E-state index is 14.8. The molecule has 11 N–H and O–H groups in total. The van der Waals surface area contributed by atoms with Gasteiger partial charge in [-0.2, -0.15) is 0 Å². The van der Waals surface area contributed by atoms with Crippen LogP contribution in [-0.4, -0.2) is 116 Å². The number of benzene rings is 1. The van der Waals surface area contributed by atoms with Gasteiger partial charge in [0, 0.05) is 42.7 Å². The SMILES string of the molecule is C1=CCC=C1.CCCC[C@@H]1NC(=O)[C@H](CC(N)=O)NC(=O)[C@@H](N)CC(=O)NCCCC[C@@H](C(N)=O)NC(=O)[C@H](Cc2csc3ccccc23)NC(=O)[C@@H]2C[C@H](n3cc(C4C=CC=C4)nn3)CN2C1=O.[Fe+2]. The molecule has 22 heteroatoms. The van der Waals surface area contributed by atoms with Crippen LogP contribution in [0.25, 0.3) is 10.1 Å². The van der Waals surface area contributed by atoms with Crippen LogP contribution < -0.4 is 43.8 Å². The number of carbonyl (C=O) groups excluding carboxylic acids is 8. The number of nitrogens with one attached hydrogen (secondary N) is 5. The normalized spacial score (nSPS) is 24.9. The van der Waals surface area contributed by atoms with Gasteiger partial charge in [-0.05, 0) is 54.5 Å². The summed E-state index contributed by atoms with van der Waals surface area (Å²) in [5.74, 6) is -6.21. The molecule has 0 radical (unpaired) electrons. The number of nitrogens with zero attached hydrogens (tertiary/aromatic N) is 4. The molecular weight excluding hydrogens is 961 g/mol. The van der Waals surface area contributed by atoms with Gasteiger partial charge in [0.05, 0.1) is 30.6 Å². The molecule has 2 saturated heterocycles. The second kappa shape index (κ2) is 26.5. The number of aromatic nitrogens is 3. The predicted octanol–water partition coefficient (Wildman–Crippen LogP) is 1.09. The van der Waals surface area contributed by atoms with Gasteiger partial charge in [0.15, 0.2) is 0 Å². The van der Waals surface area contributed by atoms with Crippen molar-refractivity contribution in [3.63, 3.8) is 0 Å². The molecule has 2 aromatic heterocycles. The third kappa shape index (κ3) is 15.0. The summed E-state index contributed by atoms with van der Waals surface area (Å²) in [5.41, 5.74) is 18.7. The Kier molecular flexibility index (Phi) is 20.6. The van der Waals surface area contributed by atoms with Gasteiger partial charge in [-0.1, -0.05) is 91.8 Å². The molecule has 70 heavy (non-hydrogen) atoms. The molecule has 2 aliphatic heterocycles. The molecule has 7 atom stereocenters. The van der Waals surface area contributed by atoms with E-state index in [4.69, 9.17) is 17.2 Å². The molecule has 0 saturated carbocycles. The minimum absolute atomic E-state index is 0. The fourth-order valence-corrected chi connectivity index (χ4v) is 9.46. The monoisotopic (exact) mass is 1020 g/mol. The molecule has 0 bridgehead atoms. The van der Waals surface area contributed by atoms with E-state index in [0.717, 1.165) is 22.1 Å². The molecule has 20 nitrogen and oxygen atoms in total. The summed E-state index contributed by atoms with van der Waals surface area (Å²) >= 11 is 1.47. The maximum Gasteiger partial charge on any atom is 2.00 e. The van der Waals surface area contributed by atoms with Crippen molar-refractivity contribution >= 4 is 68.7 Å². The number of unbranched alkanes of at least 4 members (excludes halogenated alkanes) is 1. The van der Waals surface area contributed by atoms with Crippen LogP contribution in [0.5, 0.6) is 0 Å². The topological polar surface area (TPSA) is 309 Å². The quantitative estimate of drug-likeness (QED) is 0.133. The zero-order chi connectivity index (χ0) is 49.5. The van der Waals surface area contributed by atoms with Gasteiger partial charge in [-0.15, -0.1) is 16.4 Å². The Morgan fingerprint density at radius 1 is 0.857 bits per heavy atom. The molecule has 7 rings (SSSR count). The summed E-state index contributed by atoms with van der Waals surface area (Å²) in [4.78, 5) is 110. The van der Waals surface area contributed by atoms with Gasteiger partial charge in [0.1, 0.15) is 30.2 Å². The van der Waals surface area contributed by atoms with E-state index in [1.165, 1.54) is 16.2 Å². The van der Waals surface area contributed by atoms with Crippen molar-refractivity contribution in [3.8, 4) is 0 Å². The van der Waals surface area contributed by atoms with Crippen molar-refractivity contribution in [2.75, 3.05) is 13.1 Å². The van der Waals surface area contributed by atoms with Crippen LogP contribution in [0.15, 0.2) is 84.5 Å². The summed E-state index contributed by atoms with van der Waals surface area (Å²) in [5, 5.41) is 24.9. The fraction of sp³-hybridized carbons (Fsp3) is 0.458. The van der Waals surface area contributed by atoms with E-state index in [2.05, 4.69) is 61.2 Å². The molecule has 374 valence electrons. The predicted molar refractivity (Wildman–Crippen MR) is 258 cm³/mol. The molecule has 1 aromatic carbocycles. The van der Waals surface area contributed by atoms with E-state index in [1.54, 1.807) is 10.9 Å². The number of fused-ring (bicyclic) bond motifs is 2. The van der Waals surface area contributed by atoms with Crippen molar-refractivity contribution in [2.45, 2.75) is 126 Å². The Balaban J connectivity index is 0.00000143. The Morgan fingerprint density at radius 3 is 2.24 bits per heavy atom. The second-order valence-electron chi connectivity index (χ2n) is 17.5. The summed E-state index contributed by atoms with van der Waals surface area (Å²) in [6.45, 7) is 1.99. The van der Waals surface area contributed by atoms with E-state index in [0.29, 0.717) is 31.4 Å². The van der Waals surface area contributed by atoms with Gasteiger partial charge in [0.25, 0.3) is 0 Å². The minimum Gasteiger partial charge on any atom is -0.370 e. The van der Waals surface area contributed by atoms with Crippen LogP contribution in [0, 0.1) is 0 Å². The van der Waals surface area contributed by atoms with Crippen LogP contribution in [0.4, 0.5) is 0 Å². The molecule has 2 fully saturated rings.